The lowest BCUT2D eigenvalue weighted by atomic mass is 10.1. The highest BCUT2D eigenvalue weighted by Gasteiger charge is 2.18. The van der Waals surface area contributed by atoms with Crippen molar-refractivity contribution in [2.45, 2.75) is 13.1 Å². The van der Waals surface area contributed by atoms with Crippen molar-refractivity contribution < 1.29 is 4.39 Å². The maximum absolute atomic E-state index is 14.1. The smallest absolute Gasteiger partial charge is 0.328 e. The molecule has 28 heavy (non-hydrogen) atoms. The lowest BCUT2D eigenvalue weighted by Gasteiger charge is -2.16. The van der Waals surface area contributed by atoms with Gasteiger partial charge in [0.25, 0.3) is 5.56 Å². The summed E-state index contributed by atoms with van der Waals surface area (Å²) in [4.78, 5) is 33.5. The molecule has 2 aliphatic heterocycles. The molecule has 6 nitrogen and oxygen atoms in total. The molecule has 0 unspecified atom stereocenters. The summed E-state index contributed by atoms with van der Waals surface area (Å²) in [6.07, 6.45) is 4.82. The summed E-state index contributed by atoms with van der Waals surface area (Å²) in [7, 11) is 0. The molecule has 140 valence electrons. The summed E-state index contributed by atoms with van der Waals surface area (Å²) in [6, 6.07) is 11.1. The van der Waals surface area contributed by atoms with Crippen LogP contribution in [0.25, 0.3) is 11.4 Å². The molecule has 0 saturated heterocycles. The van der Waals surface area contributed by atoms with Crippen molar-refractivity contribution in [2.24, 2.45) is 0 Å². The maximum atomic E-state index is 14.1. The van der Waals surface area contributed by atoms with Crippen molar-refractivity contribution >= 4 is 11.6 Å². The van der Waals surface area contributed by atoms with Crippen LogP contribution in [0.2, 0.25) is 5.02 Å². The summed E-state index contributed by atoms with van der Waals surface area (Å²) < 4.78 is 16.7. The maximum Gasteiger partial charge on any atom is 0.352 e. The Bertz CT molecular complexity index is 1220. The van der Waals surface area contributed by atoms with Gasteiger partial charge in [-0.25, -0.2) is 9.18 Å². The normalized spacial score (nSPS) is 11.1. The number of pyridine rings is 2. The number of hydrogen-bond acceptors (Lipinski definition) is 4. The van der Waals surface area contributed by atoms with Crippen LogP contribution in [0.5, 0.6) is 0 Å². The fraction of sp³-hybridized carbons (Fsp3) is 0.100. The molecule has 0 fully saturated rings. The molecule has 0 atom stereocenters. The molecular formula is C20H14ClFN4O2. The molecule has 0 N–H and O–H groups in total. The van der Waals surface area contributed by atoms with Gasteiger partial charge < -0.3 is 4.57 Å². The number of benzene rings is 1. The summed E-state index contributed by atoms with van der Waals surface area (Å²) in [5, 5.41) is 0.261. The molecule has 1 aromatic heterocycles. The van der Waals surface area contributed by atoms with Crippen LogP contribution in [0.3, 0.4) is 0 Å². The van der Waals surface area contributed by atoms with Crippen LogP contribution in [-0.4, -0.2) is 19.1 Å². The van der Waals surface area contributed by atoms with E-state index >= 15 is 0 Å². The van der Waals surface area contributed by atoms with Gasteiger partial charge >= 0.3 is 5.69 Å². The molecule has 0 aliphatic carbocycles. The van der Waals surface area contributed by atoms with E-state index in [2.05, 4.69) is 9.97 Å². The monoisotopic (exact) mass is 396 g/mol. The standard InChI is InChI=1S/C20H14ClFN4O2/c21-16-6-1-7-17(22)15(16)12-25-9-3-5-14-18(25)24-20(28)26(19(14)27)11-13-4-2-8-23-10-13/h1-10H,11-12H2. The van der Waals surface area contributed by atoms with Crippen LogP contribution in [0.4, 0.5) is 4.39 Å². The number of halogens is 2. The van der Waals surface area contributed by atoms with Crippen LogP contribution in [-0.2, 0) is 13.1 Å². The summed E-state index contributed by atoms with van der Waals surface area (Å²) in [5.41, 5.74) is 0.0902. The second kappa shape index (κ2) is 7.36. The van der Waals surface area contributed by atoms with Crippen LogP contribution < -0.4 is 11.2 Å². The van der Waals surface area contributed by atoms with Crippen molar-refractivity contribution in [2.75, 3.05) is 0 Å². The third-order valence-electron chi connectivity index (χ3n) is 4.40. The minimum atomic E-state index is -0.680. The third kappa shape index (κ3) is 3.32. The van der Waals surface area contributed by atoms with E-state index in [9.17, 15) is 14.0 Å². The van der Waals surface area contributed by atoms with E-state index in [4.69, 9.17) is 11.6 Å². The van der Waals surface area contributed by atoms with E-state index in [1.807, 2.05) is 0 Å². The Labute approximate surface area is 163 Å². The molecule has 0 bridgehead atoms. The van der Waals surface area contributed by atoms with Crippen molar-refractivity contribution in [3.63, 3.8) is 0 Å². The van der Waals surface area contributed by atoms with Crippen molar-refractivity contribution in [3.05, 3.63) is 104 Å². The Hall–Kier alpha value is -3.32. The molecule has 2 aromatic rings. The van der Waals surface area contributed by atoms with Gasteiger partial charge in [0.05, 0.1) is 18.7 Å². The molecule has 0 saturated carbocycles. The predicted molar refractivity (Wildman–Crippen MR) is 103 cm³/mol. The van der Waals surface area contributed by atoms with E-state index in [0.29, 0.717) is 5.56 Å². The Balaban J connectivity index is 1.81. The van der Waals surface area contributed by atoms with Gasteiger partial charge in [-0.2, -0.15) is 4.98 Å². The molecule has 1 aromatic carbocycles. The van der Waals surface area contributed by atoms with E-state index in [0.717, 1.165) is 4.57 Å². The molecular weight excluding hydrogens is 383 g/mol. The molecule has 0 spiro atoms. The minimum absolute atomic E-state index is 0.0430. The first-order valence-corrected chi connectivity index (χ1v) is 8.84. The lowest BCUT2D eigenvalue weighted by molar-refractivity contribution is 0.597. The number of fused-ring (bicyclic) bond motifs is 1. The number of nitrogens with zero attached hydrogens (tertiary/aromatic N) is 4. The van der Waals surface area contributed by atoms with Gasteiger partial charge in [0.15, 0.2) is 5.82 Å². The first-order chi connectivity index (χ1) is 13.5. The zero-order valence-electron chi connectivity index (χ0n) is 14.5. The third-order valence-corrected chi connectivity index (χ3v) is 4.76. The topological polar surface area (TPSA) is 69.8 Å². The molecule has 0 amide bonds. The average molecular weight is 397 g/mol. The molecule has 2 aliphatic rings. The van der Waals surface area contributed by atoms with Crippen molar-refractivity contribution in [1.29, 1.82) is 0 Å². The fourth-order valence-electron chi connectivity index (χ4n) is 3.01. The largest absolute Gasteiger partial charge is 0.352 e. The van der Waals surface area contributed by atoms with Crippen LogP contribution in [0, 0.1) is 5.82 Å². The number of hydrogen-bond donors (Lipinski definition) is 0. The van der Waals surface area contributed by atoms with Gasteiger partial charge in [-0.1, -0.05) is 23.7 Å². The first-order valence-electron chi connectivity index (χ1n) is 8.46. The Morgan fingerprint density at radius 3 is 2.64 bits per heavy atom. The number of aromatic nitrogens is 4. The van der Waals surface area contributed by atoms with E-state index in [-0.39, 0.29) is 35.1 Å². The SMILES string of the molecule is O=c1nc2n(Cc3c(F)cccc3Cl)cccc-2c(=O)n1Cc1cccnc1. The van der Waals surface area contributed by atoms with Gasteiger partial charge in [-0.05, 0) is 35.9 Å². The van der Waals surface area contributed by atoms with Crippen LogP contribution >= 0.6 is 11.6 Å². The minimum Gasteiger partial charge on any atom is -0.328 e. The van der Waals surface area contributed by atoms with Gasteiger partial charge in [0.1, 0.15) is 5.82 Å². The van der Waals surface area contributed by atoms with Gasteiger partial charge in [-0.3, -0.25) is 14.3 Å². The molecule has 8 heteroatoms. The van der Waals surface area contributed by atoms with Gasteiger partial charge in [-0.15, -0.1) is 0 Å². The summed E-state index contributed by atoms with van der Waals surface area (Å²) >= 11 is 6.10. The van der Waals surface area contributed by atoms with Gasteiger partial charge in [0.2, 0.25) is 0 Å². The average Bonchev–Trinajstić information content (AvgIpc) is 2.69. The predicted octanol–water partition coefficient (Wildman–Crippen LogP) is 2.79. The highest BCUT2D eigenvalue weighted by molar-refractivity contribution is 6.31. The molecule has 4 rings (SSSR count). The zero-order chi connectivity index (χ0) is 19.7. The summed E-state index contributed by atoms with van der Waals surface area (Å²) in [5.74, 6) is -0.288. The van der Waals surface area contributed by atoms with Crippen molar-refractivity contribution in [3.8, 4) is 11.4 Å². The number of rotatable bonds is 4. The Morgan fingerprint density at radius 2 is 1.89 bits per heavy atom. The second-order valence-corrected chi connectivity index (χ2v) is 6.63. The van der Waals surface area contributed by atoms with E-state index in [1.54, 1.807) is 48.9 Å². The zero-order valence-corrected chi connectivity index (χ0v) is 15.3. The fourth-order valence-corrected chi connectivity index (χ4v) is 3.24. The van der Waals surface area contributed by atoms with E-state index < -0.39 is 17.1 Å². The van der Waals surface area contributed by atoms with Gasteiger partial charge in [0, 0.05) is 29.2 Å². The lowest BCUT2D eigenvalue weighted by Crippen LogP contribution is -2.38. The van der Waals surface area contributed by atoms with Crippen molar-refractivity contribution in [1.82, 2.24) is 19.1 Å². The molecule has 3 heterocycles. The quantitative estimate of drug-likeness (QED) is 0.532. The Morgan fingerprint density at radius 1 is 1.04 bits per heavy atom. The van der Waals surface area contributed by atoms with Crippen LogP contribution in [0.1, 0.15) is 11.1 Å². The molecule has 0 radical (unpaired) electrons. The highest BCUT2D eigenvalue weighted by atomic mass is 35.5. The highest BCUT2D eigenvalue weighted by Crippen LogP contribution is 2.22. The summed E-state index contributed by atoms with van der Waals surface area (Å²) in [6.45, 7) is 0.115. The Kier molecular flexibility index (Phi) is 4.75. The van der Waals surface area contributed by atoms with Crippen LogP contribution in [0.15, 0.2) is 70.6 Å². The first kappa shape index (κ1) is 18.1. The second-order valence-electron chi connectivity index (χ2n) is 6.22. The van der Waals surface area contributed by atoms with E-state index in [1.165, 1.54) is 16.7 Å².